The highest BCUT2D eigenvalue weighted by Gasteiger charge is 2.14. The van der Waals surface area contributed by atoms with Gasteiger partial charge >= 0.3 is 0 Å². The molecule has 2 heterocycles. The van der Waals surface area contributed by atoms with Crippen LogP contribution >= 0.6 is 34.8 Å². The average Bonchev–Trinajstić information content (AvgIpc) is 0.980. The smallest absolute Gasteiger partial charge is 0.232 e. The van der Waals surface area contributed by atoms with E-state index in [9.17, 15) is 0 Å². The van der Waals surface area contributed by atoms with E-state index in [0.717, 1.165) is 33.4 Å². The van der Waals surface area contributed by atoms with E-state index in [-0.39, 0.29) is 16.5 Å². The van der Waals surface area contributed by atoms with Crippen LogP contribution in [-0.2, 0) is 0 Å². The van der Waals surface area contributed by atoms with E-state index in [1.807, 2.05) is 66.7 Å². The molecule has 0 amide bonds. The first-order valence-electron chi connectivity index (χ1n) is 30.5. The SMILES string of the molecule is Clc1nc(Cl)nc(Nc2ccccc2Cl)n1.c1ccc(-c2ccc(-c3nc(-c4ccc(-c5ccccc5)cc4)nc(-c4ccc(-c5ccccc5)cc4)n3)cc2)cc1.c1ccc(-c2ccccc2)cc1.c1ccc(-c2ccccc2)cc1.c1ccc(-c2ccccc2)cc1. The molecule has 15 rings (SSSR count). The van der Waals surface area contributed by atoms with Gasteiger partial charge < -0.3 is 5.32 Å². The Labute approximate surface area is 564 Å². The lowest BCUT2D eigenvalue weighted by Crippen LogP contribution is -2.00. The minimum Gasteiger partial charge on any atom is -0.323 e. The number of para-hydroxylation sites is 1. The lowest BCUT2D eigenvalue weighted by Gasteiger charge is -2.10. The van der Waals surface area contributed by atoms with Crippen molar-refractivity contribution in [2.24, 2.45) is 0 Å². The zero-order valence-electron chi connectivity index (χ0n) is 51.0. The van der Waals surface area contributed by atoms with Crippen LogP contribution in [-0.4, -0.2) is 29.9 Å². The van der Waals surface area contributed by atoms with Crippen LogP contribution in [0.3, 0.4) is 0 Å². The van der Waals surface area contributed by atoms with Gasteiger partial charge in [-0.15, -0.1) is 0 Å². The fourth-order valence-electron chi connectivity index (χ4n) is 9.94. The highest BCUT2D eigenvalue weighted by Crippen LogP contribution is 2.31. The summed E-state index contributed by atoms with van der Waals surface area (Å²) in [7, 11) is 0. The molecule has 15 aromatic rings. The van der Waals surface area contributed by atoms with E-state index in [1.54, 1.807) is 12.1 Å². The molecule has 0 saturated heterocycles. The third-order valence-corrected chi connectivity index (χ3v) is 15.4. The molecule has 0 atom stereocenters. The average molecular weight is 1280 g/mol. The summed E-state index contributed by atoms with van der Waals surface area (Å²) in [5.41, 5.74) is 18.2. The Morgan fingerprint density at radius 3 is 0.564 bits per heavy atom. The highest BCUT2D eigenvalue weighted by molar-refractivity contribution is 6.33. The van der Waals surface area contributed by atoms with Crippen LogP contribution in [0.2, 0.25) is 15.6 Å². The standard InChI is InChI=1S/C39H27N3.3C12H10.C9H5Cl3N4/c1-4-10-28(11-5-1)31-16-22-34(23-17-31)37-40-38(35-24-18-32(19-25-35)29-12-6-2-7-13-29)42-39(41-37)36-26-20-33(21-27-36)30-14-8-3-9-15-30;3*1-3-7-11(8-4-1)12-9-5-2-6-10-12;10-5-3-1-2-4-6(5)13-9-15-7(11)14-8(12)16-9/h1-27H;3*1-10H;1-4H,(H,13,14,15,16). The summed E-state index contributed by atoms with van der Waals surface area (Å²) in [6.45, 7) is 0. The summed E-state index contributed by atoms with van der Waals surface area (Å²) in [5, 5.41) is 3.49. The number of nitrogens with one attached hydrogen (secondary N) is 1. The monoisotopic (exact) mass is 1270 g/mol. The van der Waals surface area contributed by atoms with E-state index in [1.165, 1.54) is 50.1 Å². The van der Waals surface area contributed by atoms with E-state index >= 15 is 0 Å². The summed E-state index contributed by atoms with van der Waals surface area (Å²) in [6, 6.07) is 126. The lowest BCUT2D eigenvalue weighted by molar-refractivity contribution is 1.05. The van der Waals surface area contributed by atoms with Crippen molar-refractivity contribution in [1.82, 2.24) is 29.9 Å². The molecule has 0 aliphatic rings. The zero-order valence-corrected chi connectivity index (χ0v) is 53.3. The van der Waals surface area contributed by atoms with E-state index < -0.39 is 0 Å². The number of aromatic nitrogens is 6. The molecule has 94 heavy (non-hydrogen) atoms. The van der Waals surface area contributed by atoms with E-state index in [2.05, 4.69) is 311 Å². The molecule has 0 aliphatic carbocycles. The molecule has 0 spiro atoms. The number of nitrogens with zero attached hydrogens (tertiary/aromatic N) is 6. The van der Waals surface area contributed by atoms with Crippen molar-refractivity contribution in [3.8, 4) is 101 Å². The van der Waals surface area contributed by atoms with Crippen LogP contribution in [0.5, 0.6) is 0 Å². The minimum atomic E-state index is 0.0227. The summed E-state index contributed by atoms with van der Waals surface area (Å²) in [6.07, 6.45) is 0. The van der Waals surface area contributed by atoms with Gasteiger partial charge in [-0.2, -0.15) is 15.0 Å². The van der Waals surface area contributed by atoms with Gasteiger partial charge in [0.1, 0.15) is 0 Å². The van der Waals surface area contributed by atoms with Crippen LogP contribution in [0.1, 0.15) is 0 Å². The van der Waals surface area contributed by atoms with E-state index in [0.29, 0.717) is 28.2 Å². The number of anilines is 2. The van der Waals surface area contributed by atoms with Gasteiger partial charge in [0.05, 0.1) is 10.7 Å². The summed E-state index contributed by atoms with van der Waals surface area (Å²) >= 11 is 17.2. The van der Waals surface area contributed by atoms with Crippen molar-refractivity contribution in [2.75, 3.05) is 5.32 Å². The molecule has 13 aromatic carbocycles. The van der Waals surface area contributed by atoms with Crippen molar-refractivity contribution < 1.29 is 0 Å². The number of hydrogen-bond donors (Lipinski definition) is 1. The fraction of sp³-hybridized carbons (Fsp3) is 0. The molecule has 0 fully saturated rings. The molecule has 0 saturated carbocycles. The van der Waals surface area contributed by atoms with Gasteiger partial charge in [-0.05, 0) is 102 Å². The Bertz CT molecular complexity index is 4150. The quantitative estimate of drug-likeness (QED) is 0.138. The highest BCUT2D eigenvalue weighted by atomic mass is 35.5. The maximum atomic E-state index is 5.95. The predicted molar refractivity (Wildman–Crippen MR) is 393 cm³/mol. The van der Waals surface area contributed by atoms with Gasteiger partial charge in [0.2, 0.25) is 16.5 Å². The molecule has 10 heteroatoms. The maximum absolute atomic E-state index is 5.95. The number of hydrogen-bond acceptors (Lipinski definition) is 7. The Balaban J connectivity index is 0.000000140. The normalized spacial score (nSPS) is 10.3. The zero-order chi connectivity index (χ0) is 64.4. The molecule has 0 radical (unpaired) electrons. The molecular weight excluding hydrogens is 1210 g/mol. The van der Waals surface area contributed by atoms with Gasteiger partial charge in [0.25, 0.3) is 0 Å². The molecule has 0 aliphatic heterocycles. The summed E-state index contributed by atoms with van der Waals surface area (Å²) in [4.78, 5) is 26.2. The first-order valence-corrected chi connectivity index (χ1v) is 31.6. The van der Waals surface area contributed by atoms with Gasteiger partial charge in [-0.1, -0.05) is 370 Å². The Kier molecular flexibility index (Phi) is 22.9. The minimum absolute atomic E-state index is 0.0227. The van der Waals surface area contributed by atoms with Gasteiger partial charge in [0, 0.05) is 16.7 Å². The van der Waals surface area contributed by atoms with Crippen LogP contribution in [0.4, 0.5) is 11.6 Å². The summed E-state index contributed by atoms with van der Waals surface area (Å²) in [5.74, 6) is 2.19. The van der Waals surface area contributed by atoms with Crippen molar-refractivity contribution in [2.45, 2.75) is 0 Å². The molecule has 1 N–H and O–H groups in total. The second kappa shape index (κ2) is 33.6. The topological polar surface area (TPSA) is 89.4 Å². The van der Waals surface area contributed by atoms with Crippen molar-refractivity contribution in [3.63, 3.8) is 0 Å². The number of rotatable bonds is 11. The Morgan fingerprint density at radius 2 is 0.351 bits per heavy atom. The third kappa shape index (κ3) is 18.6. The molecule has 2 aromatic heterocycles. The fourth-order valence-corrected chi connectivity index (χ4v) is 10.5. The van der Waals surface area contributed by atoms with E-state index in [4.69, 9.17) is 49.8 Å². The van der Waals surface area contributed by atoms with Gasteiger partial charge in [-0.3, -0.25) is 0 Å². The molecule has 7 nitrogen and oxygen atoms in total. The second-order valence-corrected chi connectivity index (χ2v) is 22.2. The van der Waals surface area contributed by atoms with Crippen LogP contribution in [0, 0.1) is 0 Å². The molecular formula is C84H62Cl3N7. The van der Waals surface area contributed by atoms with Crippen molar-refractivity contribution in [1.29, 1.82) is 0 Å². The molecule has 454 valence electrons. The number of halogens is 3. The van der Waals surface area contributed by atoms with Gasteiger partial charge in [-0.25, -0.2) is 15.0 Å². The summed E-state index contributed by atoms with van der Waals surface area (Å²) < 4.78 is 0. The van der Waals surface area contributed by atoms with Crippen molar-refractivity contribution in [3.05, 3.63) is 386 Å². The van der Waals surface area contributed by atoms with Gasteiger partial charge in [0.15, 0.2) is 17.5 Å². The maximum Gasteiger partial charge on any atom is 0.232 e. The Morgan fingerprint density at radius 1 is 0.170 bits per heavy atom. The third-order valence-electron chi connectivity index (χ3n) is 14.7. The van der Waals surface area contributed by atoms with Crippen LogP contribution in [0.25, 0.3) is 101 Å². The predicted octanol–water partition coefficient (Wildman–Crippen LogP) is 23.5. The molecule has 0 bridgehead atoms. The first-order chi connectivity index (χ1) is 46.3. The van der Waals surface area contributed by atoms with Crippen LogP contribution in [0.15, 0.2) is 370 Å². The van der Waals surface area contributed by atoms with Crippen molar-refractivity contribution >= 4 is 46.4 Å². The molecule has 0 unspecified atom stereocenters. The lowest BCUT2D eigenvalue weighted by atomic mass is 10.0. The van der Waals surface area contributed by atoms with Crippen LogP contribution < -0.4 is 5.32 Å². The number of benzene rings is 13. The Hall–Kier alpha value is -11.5. The second-order valence-electron chi connectivity index (χ2n) is 21.1. The largest absolute Gasteiger partial charge is 0.323 e. The first kappa shape index (κ1) is 64.1.